The van der Waals surface area contributed by atoms with Gasteiger partial charge < -0.3 is 5.43 Å². The van der Waals surface area contributed by atoms with E-state index in [1.54, 1.807) is 29.3 Å². The van der Waals surface area contributed by atoms with Crippen molar-refractivity contribution >= 4 is 28.8 Å². The van der Waals surface area contributed by atoms with E-state index in [9.17, 15) is 0 Å². The molecule has 2 aromatic rings. The molecule has 0 saturated heterocycles. The molecule has 0 saturated carbocycles. The van der Waals surface area contributed by atoms with Crippen LogP contribution in [0.1, 0.15) is 10.7 Å². The molecular weight excluding hydrogens is 242 g/mol. The third-order valence-electron chi connectivity index (χ3n) is 1.83. The summed E-state index contributed by atoms with van der Waals surface area (Å²) < 4.78 is 0.963. The maximum atomic E-state index is 5.32. The minimum atomic E-state index is 0.768. The molecule has 0 amide bonds. The number of hydrogen-bond donors (Lipinski definition) is 2. The standard InChI is InChI=1S/C9H11N5S2/c1-6-13-14-9(16-6)15-5-8-4-7(12-10)2-3-11-8/h2-4H,5,10H2,1H3,(H,11,12). The molecule has 0 bridgehead atoms. The molecule has 5 nitrogen and oxygen atoms in total. The molecule has 0 spiro atoms. The fourth-order valence-electron chi connectivity index (χ4n) is 1.12. The molecule has 2 heterocycles. The molecule has 3 N–H and O–H groups in total. The number of pyridine rings is 1. The number of nitrogens with one attached hydrogen (secondary N) is 1. The van der Waals surface area contributed by atoms with Crippen molar-refractivity contribution in [1.29, 1.82) is 0 Å². The highest BCUT2D eigenvalue weighted by molar-refractivity contribution is 8.00. The summed E-state index contributed by atoms with van der Waals surface area (Å²) in [6, 6.07) is 3.74. The molecule has 0 aliphatic carbocycles. The first-order valence-electron chi connectivity index (χ1n) is 4.62. The zero-order valence-corrected chi connectivity index (χ0v) is 10.3. The zero-order chi connectivity index (χ0) is 11.4. The van der Waals surface area contributed by atoms with E-state index in [0.717, 1.165) is 26.5 Å². The van der Waals surface area contributed by atoms with Gasteiger partial charge >= 0.3 is 0 Å². The molecule has 0 fully saturated rings. The fourth-order valence-corrected chi connectivity index (χ4v) is 2.84. The van der Waals surface area contributed by atoms with Crippen LogP contribution in [0.4, 0.5) is 5.69 Å². The lowest BCUT2D eigenvalue weighted by Gasteiger charge is -2.01. The first-order chi connectivity index (χ1) is 7.78. The van der Waals surface area contributed by atoms with Gasteiger partial charge in [-0.1, -0.05) is 23.1 Å². The average molecular weight is 253 g/mol. The van der Waals surface area contributed by atoms with Crippen LogP contribution >= 0.6 is 23.1 Å². The second-order valence-corrected chi connectivity index (χ2v) is 5.46. The van der Waals surface area contributed by atoms with Crippen molar-refractivity contribution in [1.82, 2.24) is 15.2 Å². The molecule has 0 unspecified atom stereocenters. The van der Waals surface area contributed by atoms with Crippen molar-refractivity contribution in [3.8, 4) is 0 Å². The highest BCUT2D eigenvalue weighted by Gasteiger charge is 2.03. The largest absolute Gasteiger partial charge is 0.324 e. The lowest BCUT2D eigenvalue weighted by atomic mass is 10.3. The molecule has 2 rings (SSSR count). The molecule has 2 aromatic heterocycles. The Labute approximate surface area is 101 Å². The summed E-state index contributed by atoms with van der Waals surface area (Å²) in [5, 5.41) is 8.97. The second kappa shape index (κ2) is 5.24. The topological polar surface area (TPSA) is 76.7 Å². The number of hydrogen-bond acceptors (Lipinski definition) is 7. The first kappa shape index (κ1) is 11.3. The summed E-state index contributed by atoms with van der Waals surface area (Å²) in [7, 11) is 0. The third-order valence-corrected chi connectivity index (χ3v) is 3.84. The Kier molecular flexibility index (Phi) is 3.70. The molecule has 0 aliphatic rings. The van der Waals surface area contributed by atoms with Crippen LogP contribution in [-0.2, 0) is 5.75 Å². The van der Waals surface area contributed by atoms with Crippen LogP contribution in [0.25, 0.3) is 0 Å². The molecule has 7 heteroatoms. The van der Waals surface area contributed by atoms with Crippen molar-refractivity contribution in [2.45, 2.75) is 17.0 Å². The number of thioether (sulfide) groups is 1. The normalized spacial score (nSPS) is 10.4. The fraction of sp³-hybridized carbons (Fsp3) is 0.222. The van der Waals surface area contributed by atoms with Crippen LogP contribution in [0, 0.1) is 6.92 Å². The van der Waals surface area contributed by atoms with E-state index >= 15 is 0 Å². The predicted molar refractivity (Wildman–Crippen MR) is 66.3 cm³/mol. The van der Waals surface area contributed by atoms with Crippen molar-refractivity contribution in [2.75, 3.05) is 5.43 Å². The van der Waals surface area contributed by atoms with E-state index in [1.807, 2.05) is 19.1 Å². The third kappa shape index (κ3) is 2.91. The molecule has 16 heavy (non-hydrogen) atoms. The Morgan fingerprint density at radius 2 is 2.38 bits per heavy atom. The Morgan fingerprint density at radius 1 is 1.50 bits per heavy atom. The number of aryl methyl sites for hydroxylation is 1. The van der Waals surface area contributed by atoms with Crippen LogP contribution in [0.15, 0.2) is 22.7 Å². The van der Waals surface area contributed by atoms with E-state index in [2.05, 4.69) is 20.6 Å². The van der Waals surface area contributed by atoms with Crippen LogP contribution in [0.3, 0.4) is 0 Å². The highest BCUT2D eigenvalue weighted by atomic mass is 32.2. The Morgan fingerprint density at radius 3 is 3.06 bits per heavy atom. The monoisotopic (exact) mass is 253 g/mol. The summed E-state index contributed by atoms with van der Waals surface area (Å²) in [5.41, 5.74) is 4.42. The number of aromatic nitrogens is 3. The van der Waals surface area contributed by atoms with E-state index in [4.69, 9.17) is 5.84 Å². The quantitative estimate of drug-likeness (QED) is 0.492. The van der Waals surface area contributed by atoms with Gasteiger partial charge in [0.1, 0.15) is 5.01 Å². The second-order valence-electron chi connectivity index (χ2n) is 3.06. The number of nitrogen functional groups attached to an aromatic ring is 1. The first-order valence-corrected chi connectivity index (χ1v) is 6.42. The summed E-state index contributed by atoms with van der Waals surface area (Å²) in [4.78, 5) is 4.25. The predicted octanol–water partition coefficient (Wildman–Crippen LogP) is 1.82. The van der Waals surface area contributed by atoms with Gasteiger partial charge in [0, 0.05) is 11.9 Å². The minimum Gasteiger partial charge on any atom is -0.324 e. The smallest absolute Gasteiger partial charge is 0.174 e. The Hall–Kier alpha value is -1.18. The lowest BCUT2D eigenvalue weighted by molar-refractivity contribution is 0.983. The molecular formula is C9H11N5S2. The number of rotatable bonds is 4. The number of nitrogens with two attached hydrogens (primary N) is 1. The minimum absolute atomic E-state index is 0.768. The Balaban J connectivity index is 1.99. The number of nitrogens with zero attached hydrogens (tertiary/aromatic N) is 3. The van der Waals surface area contributed by atoms with Crippen LogP contribution in [0.2, 0.25) is 0 Å². The van der Waals surface area contributed by atoms with Crippen molar-refractivity contribution in [2.24, 2.45) is 5.84 Å². The Bertz CT molecular complexity index is 470. The highest BCUT2D eigenvalue weighted by Crippen LogP contribution is 2.25. The van der Waals surface area contributed by atoms with Crippen molar-refractivity contribution in [3.05, 3.63) is 29.0 Å². The van der Waals surface area contributed by atoms with Gasteiger partial charge in [0.2, 0.25) is 0 Å². The van der Waals surface area contributed by atoms with E-state index in [1.165, 1.54) is 0 Å². The molecule has 0 aromatic carbocycles. The maximum Gasteiger partial charge on any atom is 0.174 e. The van der Waals surface area contributed by atoms with Gasteiger partial charge in [0.15, 0.2) is 4.34 Å². The SMILES string of the molecule is Cc1nnc(SCc2cc(NN)ccn2)s1. The zero-order valence-electron chi connectivity index (χ0n) is 8.67. The summed E-state index contributed by atoms with van der Waals surface area (Å²) in [6.07, 6.45) is 1.73. The molecule has 0 radical (unpaired) electrons. The molecule has 84 valence electrons. The van der Waals surface area contributed by atoms with Gasteiger partial charge in [-0.3, -0.25) is 10.8 Å². The molecule has 0 aliphatic heterocycles. The molecule has 0 atom stereocenters. The van der Waals surface area contributed by atoms with Crippen LogP contribution in [-0.4, -0.2) is 15.2 Å². The average Bonchev–Trinajstić information content (AvgIpc) is 2.73. The van der Waals surface area contributed by atoms with Crippen molar-refractivity contribution in [3.63, 3.8) is 0 Å². The van der Waals surface area contributed by atoms with Gasteiger partial charge in [-0.25, -0.2) is 0 Å². The summed E-state index contributed by atoms with van der Waals surface area (Å²) >= 11 is 3.22. The van der Waals surface area contributed by atoms with Gasteiger partial charge in [-0.2, -0.15) is 0 Å². The summed E-state index contributed by atoms with van der Waals surface area (Å²) in [5.74, 6) is 6.09. The van der Waals surface area contributed by atoms with E-state index in [-0.39, 0.29) is 0 Å². The number of hydrazine groups is 1. The van der Waals surface area contributed by atoms with Crippen LogP contribution < -0.4 is 11.3 Å². The number of anilines is 1. The lowest BCUT2D eigenvalue weighted by Crippen LogP contribution is -2.07. The van der Waals surface area contributed by atoms with Gasteiger partial charge in [0.25, 0.3) is 0 Å². The van der Waals surface area contributed by atoms with Gasteiger partial charge in [-0.05, 0) is 19.1 Å². The van der Waals surface area contributed by atoms with Gasteiger partial charge in [-0.15, -0.1) is 10.2 Å². The van der Waals surface area contributed by atoms with Gasteiger partial charge in [0.05, 0.1) is 11.4 Å². The van der Waals surface area contributed by atoms with Crippen LogP contribution in [0.5, 0.6) is 0 Å². The van der Waals surface area contributed by atoms with E-state index in [0.29, 0.717) is 0 Å². The maximum absolute atomic E-state index is 5.32. The van der Waals surface area contributed by atoms with E-state index < -0.39 is 0 Å². The van der Waals surface area contributed by atoms with Crippen molar-refractivity contribution < 1.29 is 0 Å². The summed E-state index contributed by atoms with van der Waals surface area (Å²) in [6.45, 7) is 1.94.